The fourth-order valence-electron chi connectivity index (χ4n) is 2.25. The molecule has 0 bridgehead atoms. The van der Waals surface area contributed by atoms with Gasteiger partial charge in [-0.3, -0.25) is 4.99 Å². The molecule has 0 radical (unpaired) electrons. The molecule has 0 aliphatic carbocycles. The van der Waals surface area contributed by atoms with Gasteiger partial charge in [-0.15, -0.1) is 0 Å². The number of hydrogen-bond acceptors (Lipinski definition) is 3. The van der Waals surface area contributed by atoms with Crippen molar-refractivity contribution in [3.05, 3.63) is 36.2 Å². The van der Waals surface area contributed by atoms with Gasteiger partial charge in [0.1, 0.15) is 0 Å². The molecule has 0 aromatic carbocycles. The zero-order chi connectivity index (χ0) is 11.4. The first kappa shape index (κ1) is 11.0. The van der Waals surface area contributed by atoms with Crippen LogP contribution in [-0.4, -0.2) is 30.2 Å². The van der Waals surface area contributed by atoms with Gasteiger partial charge >= 0.3 is 0 Å². The van der Waals surface area contributed by atoms with E-state index in [0.717, 1.165) is 24.3 Å². The van der Waals surface area contributed by atoms with E-state index in [1.54, 1.807) is 12.3 Å². The summed E-state index contributed by atoms with van der Waals surface area (Å²) in [5.41, 5.74) is 8.87. The molecule has 1 fully saturated rings. The van der Waals surface area contributed by atoms with Crippen molar-refractivity contribution in [3.8, 4) is 0 Å². The molecular formula is C13H19N3. The van der Waals surface area contributed by atoms with Crippen LogP contribution in [0.5, 0.6) is 0 Å². The average Bonchev–Trinajstić information content (AvgIpc) is 2.85. The molecule has 16 heavy (non-hydrogen) atoms. The fraction of sp³-hybridized carbons (Fsp3) is 0.462. The standard InChI is InChI=1S/C13H19N3/c1-2-11(10-14)13-9-12(5-6-15-13)16-7-3-4-8-16/h2,9-10H,1,3-8,14H2. The van der Waals surface area contributed by atoms with Crippen LogP contribution in [0.3, 0.4) is 0 Å². The van der Waals surface area contributed by atoms with E-state index in [1.165, 1.54) is 31.6 Å². The molecule has 2 aliphatic heterocycles. The van der Waals surface area contributed by atoms with E-state index >= 15 is 0 Å². The van der Waals surface area contributed by atoms with E-state index in [0.29, 0.717) is 0 Å². The van der Waals surface area contributed by atoms with Crippen molar-refractivity contribution in [3.63, 3.8) is 0 Å². The molecule has 0 spiro atoms. The van der Waals surface area contributed by atoms with E-state index in [1.807, 2.05) is 0 Å². The predicted molar refractivity (Wildman–Crippen MR) is 68.3 cm³/mol. The number of allylic oxidation sites excluding steroid dienone is 3. The maximum atomic E-state index is 5.56. The van der Waals surface area contributed by atoms with Crippen LogP contribution >= 0.6 is 0 Å². The lowest BCUT2D eigenvalue weighted by molar-refractivity contribution is 0.409. The van der Waals surface area contributed by atoms with Gasteiger partial charge in [0.25, 0.3) is 0 Å². The van der Waals surface area contributed by atoms with Crippen LogP contribution in [0.25, 0.3) is 0 Å². The monoisotopic (exact) mass is 217 g/mol. The lowest BCUT2D eigenvalue weighted by Crippen LogP contribution is -2.22. The van der Waals surface area contributed by atoms with Crippen LogP contribution in [0.15, 0.2) is 41.2 Å². The summed E-state index contributed by atoms with van der Waals surface area (Å²) >= 11 is 0. The van der Waals surface area contributed by atoms with Gasteiger partial charge in [0.05, 0.1) is 5.71 Å². The highest BCUT2D eigenvalue weighted by Crippen LogP contribution is 2.21. The third kappa shape index (κ3) is 2.18. The van der Waals surface area contributed by atoms with Crippen molar-refractivity contribution >= 4 is 5.71 Å². The topological polar surface area (TPSA) is 41.6 Å². The molecule has 2 N–H and O–H groups in total. The first-order valence-corrected chi connectivity index (χ1v) is 5.90. The summed E-state index contributed by atoms with van der Waals surface area (Å²) in [5, 5.41) is 0. The van der Waals surface area contributed by atoms with Crippen molar-refractivity contribution in [1.29, 1.82) is 0 Å². The number of nitrogens with zero attached hydrogens (tertiary/aromatic N) is 2. The Bertz CT molecular complexity index is 357. The summed E-state index contributed by atoms with van der Waals surface area (Å²) in [6.45, 7) is 7.00. The number of aliphatic imine (C=N–C) groups is 1. The third-order valence-electron chi connectivity index (χ3n) is 3.16. The summed E-state index contributed by atoms with van der Waals surface area (Å²) in [5.74, 6) is 0. The molecule has 0 unspecified atom stereocenters. The molecule has 0 atom stereocenters. The molecule has 2 rings (SSSR count). The minimum atomic E-state index is 0.864. The van der Waals surface area contributed by atoms with E-state index in [9.17, 15) is 0 Å². The van der Waals surface area contributed by atoms with Gasteiger partial charge in [0.15, 0.2) is 0 Å². The quantitative estimate of drug-likeness (QED) is 0.733. The minimum Gasteiger partial charge on any atom is -0.404 e. The summed E-state index contributed by atoms with van der Waals surface area (Å²) in [6, 6.07) is 0. The maximum Gasteiger partial charge on any atom is 0.0678 e. The summed E-state index contributed by atoms with van der Waals surface area (Å²) in [7, 11) is 0. The average molecular weight is 217 g/mol. The fourth-order valence-corrected chi connectivity index (χ4v) is 2.25. The number of dihydropyridines is 1. The highest BCUT2D eigenvalue weighted by Gasteiger charge is 2.17. The van der Waals surface area contributed by atoms with Gasteiger partial charge in [-0.1, -0.05) is 12.7 Å². The summed E-state index contributed by atoms with van der Waals surface area (Å²) in [4.78, 5) is 6.95. The number of likely N-dealkylation sites (tertiary alicyclic amines) is 1. The second kappa shape index (κ2) is 5.01. The second-order valence-corrected chi connectivity index (χ2v) is 4.17. The molecule has 1 saturated heterocycles. The highest BCUT2D eigenvalue weighted by atomic mass is 15.2. The maximum absolute atomic E-state index is 5.56. The molecular weight excluding hydrogens is 198 g/mol. The SMILES string of the molecule is C=CC(=CN)C1=NCCC(N2CCCC2)=C1. The smallest absolute Gasteiger partial charge is 0.0678 e. The molecule has 0 saturated carbocycles. The molecule has 0 aromatic rings. The van der Waals surface area contributed by atoms with Crippen LogP contribution in [0.1, 0.15) is 19.3 Å². The largest absolute Gasteiger partial charge is 0.404 e. The van der Waals surface area contributed by atoms with Gasteiger partial charge in [-0.2, -0.15) is 0 Å². The van der Waals surface area contributed by atoms with Crippen LogP contribution in [-0.2, 0) is 0 Å². The normalized spacial score (nSPS) is 21.8. The first-order chi connectivity index (χ1) is 7.85. The van der Waals surface area contributed by atoms with Gasteiger partial charge in [-0.05, 0) is 18.9 Å². The van der Waals surface area contributed by atoms with Crippen LogP contribution in [0.4, 0.5) is 0 Å². The molecule has 2 heterocycles. The van der Waals surface area contributed by atoms with Gasteiger partial charge in [0.2, 0.25) is 0 Å². The Balaban J connectivity index is 2.16. The van der Waals surface area contributed by atoms with E-state index < -0.39 is 0 Å². The van der Waals surface area contributed by atoms with Crippen molar-refractivity contribution in [2.45, 2.75) is 19.3 Å². The van der Waals surface area contributed by atoms with E-state index in [4.69, 9.17) is 5.73 Å². The molecule has 3 nitrogen and oxygen atoms in total. The number of nitrogens with two attached hydrogens (primary N) is 1. The lowest BCUT2D eigenvalue weighted by atomic mass is 10.1. The Morgan fingerprint density at radius 2 is 2.19 bits per heavy atom. The number of hydrogen-bond donors (Lipinski definition) is 1. The summed E-state index contributed by atoms with van der Waals surface area (Å²) in [6.07, 6.45) is 9.18. The molecule has 0 amide bonds. The Hall–Kier alpha value is -1.51. The van der Waals surface area contributed by atoms with Crippen molar-refractivity contribution in [1.82, 2.24) is 4.90 Å². The van der Waals surface area contributed by atoms with Crippen LogP contribution in [0, 0.1) is 0 Å². The molecule has 0 aromatic heterocycles. The predicted octanol–water partition coefficient (Wildman–Crippen LogP) is 1.84. The third-order valence-corrected chi connectivity index (χ3v) is 3.16. The Morgan fingerprint density at radius 1 is 1.44 bits per heavy atom. The highest BCUT2D eigenvalue weighted by molar-refractivity contribution is 6.10. The van der Waals surface area contributed by atoms with E-state index in [2.05, 4.69) is 22.5 Å². The molecule has 86 valence electrons. The van der Waals surface area contributed by atoms with Crippen molar-refractivity contribution in [2.24, 2.45) is 10.7 Å². The minimum absolute atomic E-state index is 0.864. The Morgan fingerprint density at radius 3 is 2.81 bits per heavy atom. The van der Waals surface area contributed by atoms with Gasteiger partial charge in [-0.25, -0.2) is 0 Å². The molecule has 3 heteroatoms. The zero-order valence-electron chi connectivity index (χ0n) is 9.65. The van der Waals surface area contributed by atoms with Gasteiger partial charge in [0, 0.05) is 43.5 Å². The van der Waals surface area contributed by atoms with Crippen molar-refractivity contribution < 1.29 is 0 Å². The Labute approximate surface area is 97.0 Å². The lowest BCUT2D eigenvalue weighted by Gasteiger charge is -2.24. The Kier molecular flexibility index (Phi) is 3.44. The van der Waals surface area contributed by atoms with Crippen molar-refractivity contribution in [2.75, 3.05) is 19.6 Å². The number of rotatable bonds is 3. The van der Waals surface area contributed by atoms with Crippen LogP contribution in [0.2, 0.25) is 0 Å². The second-order valence-electron chi connectivity index (χ2n) is 4.17. The van der Waals surface area contributed by atoms with Crippen LogP contribution < -0.4 is 5.73 Å². The first-order valence-electron chi connectivity index (χ1n) is 5.90. The van der Waals surface area contributed by atoms with Gasteiger partial charge < -0.3 is 10.6 Å². The molecule has 2 aliphatic rings. The zero-order valence-corrected chi connectivity index (χ0v) is 9.65. The summed E-state index contributed by atoms with van der Waals surface area (Å²) < 4.78 is 0. The van der Waals surface area contributed by atoms with E-state index in [-0.39, 0.29) is 0 Å².